The quantitative estimate of drug-likeness (QED) is 0.408. The maximum Gasteiger partial charge on any atom is 0.319 e. The van der Waals surface area contributed by atoms with Gasteiger partial charge in [0.05, 0.1) is 4.92 Å². The van der Waals surface area contributed by atoms with E-state index in [9.17, 15) is 24.8 Å². The molecule has 4 N–H and O–H groups in total. The van der Waals surface area contributed by atoms with Gasteiger partial charge in [-0.1, -0.05) is 12.1 Å². The molecule has 1 rings (SSSR count). The van der Waals surface area contributed by atoms with Gasteiger partial charge in [-0.2, -0.15) is 0 Å². The summed E-state index contributed by atoms with van der Waals surface area (Å²) in [6, 6.07) is 2.82. The van der Waals surface area contributed by atoms with Gasteiger partial charge in [0.25, 0.3) is 5.91 Å². The van der Waals surface area contributed by atoms with E-state index in [1.54, 1.807) is 5.32 Å². The van der Waals surface area contributed by atoms with Gasteiger partial charge in [-0.05, 0) is 6.08 Å². The van der Waals surface area contributed by atoms with E-state index in [2.05, 4.69) is 0 Å². The molecule has 18 heavy (non-hydrogen) atoms. The van der Waals surface area contributed by atoms with Crippen LogP contribution in [0.25, 0.3) is 6.08 Å². The number of primary amides is 1. The molecule has 0 unspecified atom stereocenters. The van der Waals surface area contributed by atoms with Crippen molar-refractivity contribution in [3.63, 3.8) is 0 Å². The van der Waals surface area contributed by atoms with Crippen LogP contribution in [-0.4, -0.2) is 22.0 Å². The molecule has 1 aromatic rings. The van der Waals surface area contributed by atoms with Crippen LogP contribution in [0.3, 0.4) is 0 Å². The van der Waals surface area contributed by atoms with E-state index >= 15 is 0 Å². The van der Waals surface area contributed by atoms with E-state index < -0.39 is 28.3 Å². The summed E-state index contributed by atoms with van der Waals surface area (Å²) >= 11 is 0. The Hall–Kier alpha value is -2.90. The second kappa shape index (κ2) is 5.43. The van der Waals surface area contributed by atoms with Crippen molar-refractivity contribution in [1.29, 1.82) is 0 Å². The number of nitrogens with one attached hydrogen (secondary N) is 1. The highest BCUT2D eigenvalue weighted by Gasteiger charge is 2.14. The summed E-state index contributed by atoms with van der Waals surface area (Å²) in [6.45, 7) is 0. The highest BCUT2D eigenvalue weighted by atomic mass is 16.6. The predicted molar refractivity (Wildman–Crippen MR) is 61.5 cm³/mol. The molecule has 0 saturated carbocycles. The summed E-state index contributed by atoms with van der Waals surface area (Å²) in [5.74, 6) is -1.36. The summed E-state index contributed by atoms with van der Waals surface area (Å²) in [7, 11) is 0. The number of phenolic OH excluding ortho intramolecular Hbond substituents is 1. The fraction of sp³-hybridized carbons (Fsp3) is 0. The van der Waals surface area contributed by atoms with E-state index in [1.807, 2.05) is 0 Å². The Morgan fingerprint density at radius 2 is 2.11 bits per heavy atom. The average molecular weight is 251 g/mol. The summed E-state index contributed by atoms with van der Waals surface area (Å²) in [5.41, 5.74) is 4.31. The molecule has 1 aromatic carbocycles. The minimum absolute atomic E-state index is 0.0730. The molecular weight excluding hydrogens is 242 g/mol. The van der Waals surface area contributed by atoms with Gasteiger partial charge in [0, 0.05) is 17.7 Å². The lowest BCUT2D eigenvalue weighted by Crippen LogP contribution is -2.33. The van der Waals surface area contributed by atoms with Gasteiger partial charge in [0.15, 0.2) is 0 Å². The van der Waals surface area contributed by atoms with Crippen LogP contribution in [0.1, 0.15) is 5.56 Å². The first-order chi connectivity index (χ1) is 8.41. The molecular formula is C10H9N3O5. The number of benzene rings is 1. The number of amides is 3. The van der Waals surface area contributed by atoms with Gasteiger partial charge >= 0.3 is 11.7 Å². The zero-order chi connectivity index (χ0) is 13.7. The predicted octanol–water partition coefficient (Wildman–Crippen LogP) is 0.508. The number of nitrogens with zero attached hydrogens (tertiary/aromatic N) is 1. The number of imide groups is 1. The molecule has 0 bridgehead atoms. The zero-order valence-corrected chi connectivity index (χ0v) is 8.99. The maximum absolute atomic E-state index is 11.0. The van der Waals surface area contributed by atoms with Crippen LogP contribution in [0.5, 0.6) is 5.75 Å². The molecule has 0 aromatic heterocycles. The standard InChI is InChI=1S/C10H9N3O5/c11-10(16)12-8(14)5-4-6-2-1-3-7(9(6)15)13(17)18/h1-5,15H,(H3,11,12,14,16)/b5-4+. The normalized spacial score (nSPS) is 10.2. The number of phenols is 1. The summed E-state index contributed by atoms with van der Waals surface area (Å²) in [5, 5.41) is 21.8. The zero-order valence-electron chi connectivity index (χ0n) is 8.99. The fourth-order valence-electron chi connectivity index (χ4n) is 1.16. The molecule has 94 valence electrons. The SMILES string of the molecule is NC(=O)NC(=O)/C=C/c1cccc([N+](=O)[O-])c1O. The monoisotopic (exact) mass is 251 g/mol. The number of hydrogen-bond acceptors (Lipinski definition) is 5. The third kappa shape index (κ3) is 3.30. The third-order valence-corrected chi connectivity index (χ3v) is 1.90. The fourth-order valence-corrected chi connectivity index (χ4v) is 1.16. The van der Waals surface area contributed by atoms with Crippen LogP contribution < -0.4 is 11.1 Å². The van der Waals surface area contributed by atoms with Crippen molar-refractivity contribution in [2.75, 3.05) is 0 Å². The first-order valence-electron chi connectivity index (χ1n) is 4.66. The van der Waals surface area contributed by atoms with E-state index in [1.165, 1.54) is 12.1 Å². The van der Waals surface area contributed by atoms with Gasteiger partial charge in [0.2, 0.25) is 5.75 Å². The van der Waals surface area contributed by atoms with Crippen molar-refractivity contribution in [2.24, 2.45) is 5.73 Å². The Morgan fingerprint density at radius 1 is 1.44 bits per heavy atom. The van der Waals surface area contributed by atoms with Crippen molar-refractivity contribution in [2.45, 2.75) is 0 Å². The lowest BCUT2D eigenvalue weighted by molar-refractivity contribution is -0.385. The molecule has 0 fully saturated rings. The first kappa shape index (κ1) is 13.2. The van der Waals surface area contributed by atoms with Gasteiger partial charge in [0.1, 0.15) is 0 Å². The highest BCUT2D eigenvalue weighted by molar-refractivity contribution is 6.02. The van der Waals surface area contributed by atoms with E-state index in [0.717, 1.165) is 18.2 Å². The first-order valence-corrected chi connectivity index (χ1v) is 4.66. The lowest BCUT2D eigenvalue weighted by atomic mass is 10.1. The summed E-state index contributed by atoms with van der Waals surface area (Å²) in [6.07, 6.45) is 2.05. The molecule has 0 atom stereocenters. The molecule has 0 aliphatic rings. The number of carbonyl (C=O) groups is 2. The van der Waals surface area contributed by atoms with Crippen molar-refractivity contribution < 1.29 is 19.6 Å². The molecule has 8 nitrogen and oxygen atoms in total. The van der Waals surface area contributed by atoms with Crippen LogP contribution in [0.15, 0.2) is 24.3 Å². The van der Waals surface area contributed by atoms with Crippen LogP contribution in [0, 0.1) is 10.1 Å². The molecule has 0 aliphatic carbocycles. The molecule has 0 aliphatic heterocycles. The number of urea groups is 1. The molecule has 0 saturated heterocycles. The largest absolute Gasteiger partial charge is 0.502 e. The van der Waals surface area contributed by atoms with Crippen LogP contribution in [-0.2, 0) is 4.79 Å². The second-order valence-corrected chi connectivity index (χ2v) is 3.16. The van der Waals surface area contributed by atoms with Crippen LogP contribution in [0.4, 0.5) is 10.5 Å². The molecule has 0 heterocycles. The average Bonchev–Trinajstić information content (AvgIpc) is 2.26. The van der Waals surface area contributed by atoms with E-state index in [-0.39, 0.29) is 5.56 Å². The maximum atomic E-state index is 11.0. The number of nitro groups is 1. The third-order valence-electron chi connectivity index (χ3n) is 1.90. The second-order valence-electron chi connectivity index (χ2n) is 3.16. The molecule has 0 spiro atoms. The Kier molecular flexibility index (Phi) is 3.98. The highest BCUT2D eigenvalue weighted by Crippen LogP contribution is 2.29. The number of nitrogens with two attached hydrogens (primary N) is 1. The summed E-state index contributed by atoms with van der Waals surface area (Å²) in [4.78, 5) is 31.2. The van der Waals surface area contributed by atoms with Crippen molar-refractivity contribution >= 4 is 23.7 Å². The molecule has 0 radical (unpaired) electrons. The van der Waals surface area contributed by atoms with Crippen molar-refractivity contribution in [3.05, 3.63) is 40.0 Å². The van der Waals surface area contributed by atoms with Crippen molar-refractivity contribution in [1.82, 2.24) is 5.32 Å². The number of carbonyl (C=O) groups excluding carboxylic acids is 2. The Labute approximate surface area is 101 Å². The smallest absolute Gasteiger partial charge is 0.319 e. The minimum Gasteiger partial charge on any atom is -0.502 e. The number of para-hydroxylation sites is 1. The Morgan fingerprint density at radius 3 is 2.67 bits per heavy atom. The molecule has 3 amide bonds. The number of nitro benzene ring substituents is 1. The van der Waals surface area contributed by atoms with Gasteiger partial charge < -0.3 is 10.8 Å². The van der Waals surface area contributed by atoms with Crippen LogP contribution in [0.2, 0.25) is 0 Å². The molecule has 8 heteroatoms. The number of rotatable bonds is 3. The van der Waals surface area contributed by atoms with E-state index in [4.69, 9.17) is 5.73 Å². The minimum atomic E-state index is -1.02. The summed E-state index contributed by atoms with van der Waals surface area (Å²) < 4.78 is 0. The van der Waals surface area contributed by atoms with Crippen LogP contribution >= 0.6 is 0 Å². The topological polar surface area (TPSA) is 136 Å². The van der Waals surface area contributed by atoms with Gasteiger partial charge in [-0.15, -0.1) is 0 Å². The number of hydrogen-bond donors (Lipinski definition) is 3. The Balaban J connectivity index is 2.95. The Bertz CT molecular complexity index is 538. The number of aromatic hydroxyl groups is 1. The lowest BCUT2D eigenvalue weighted by Gasteiger charge is -1.99. The van der Waals surface area contributed by atoms with Crippen molar-refractivity contribution in [3.8, 4) is 5.75 Å². The van der Waals surface area contributed by atoms with Gasteiger partial charge in [-0.3, -0.25) is 20.2 Å². The van der Waals surface area contributed by atoms with Gasteiger partial charge in [-0.25, -0.2) is 4.79 Å². The van der Waals surface area contributed by atoms with E-state index in [0.29, 0.717) is 0 Å².